The number of sulfonamides is 1. The van der Waals surface area contributed by atoms with Crippen LogP contribution in [0.4, 0.5) is 5.82 Å². The lowest BCUT2D eigenvalue weighted by Crippen LogP contribution is -2.14. The minimum atomic E-state index is -3.77. The van der Waals surface area contributed by atoms with Crippen molar-refractivity contribution in [2.45, 2.75) is 18.7 Å². The van der Waals surface area contributed by atoms with E-state index in [0.717, 1.165) is 11.1 Å². The molecular formula is C16H14ClN3O2S. The summed E-state index contributed by atoms with van der Waals surface area (Å²) >= 11 is 6.07. The van der Waals surface area contributed by atoms with Crippen LogP contribution in [0.15, 0.2) is 47.4 Å². The molecular weight excluding hydrogens is 334 g/mol. The first-order chi connectivity index (χ1) is 10.8. The molecule has 0 radical (unpaired) electrons. The normalized spacial score (nSPS) is 11.6. The number of anilines is 1. The zero-order valence-corrected chi connectivity index (χ0v) is 14.1. The zero-order valence-electron chi connectivity index (χ0n) is 12.5. The Morgan fingerprint density at radius 2 is 1.57 bits per heavy atom. The predicted molar refractivity (Wildman–Crippen MR) is 91.3 cm³/mol. The third-order valence-electron chi connectivity index (χ3n) is 3.34. The highest BCUT2D eigenvalue weighted by Gasteiger charge is 2.17. The average Bonchev–Trinajstić information content (AvgIpc) is 2.48. The maximum absolute atomic E-state index is 12.4. The van der Waals surface area contributed by atoms with Crippen LogP contribution in [0.5, 0.6) is 0 Å². The summed E-state index contributed by atoms with van der Waals surface area (Å²) in [6, 6.07) is 12.0. The molecule has 0 amide bonds. The number of halogens is 1. The lowest BCUT2D eigenvalue weighted by Gasteiger charge is -2.10. The Morgan fingerprint density at radius 3 is 2.26 bits per heavy atom. The summed E-state index contributed by atoms with van der Waals surface area (Å²) in [6.45, 7) is 3.82. The van der Waals surface area contributed by atoms with Gasteiger partial charge in [0.25, 0.3) is 10.0 Å². The van der Waals surface area contributed by atoms with Crippen molar-refractivity contribution in [3.8, 4) is 0 Å². The summed E-state index contributed by atoms with van der Waals surface area (Å²) in [7, 11) is -3.77. The topological polar surface area (TPSA) is 72.0 Å². The summed E-state index contributed by atoms with van der Waals surface area (Å²) in [4.78, 5) is 8.61. The minimum absolute atomic E-state index is 0.0128. The number of hydrogen-bond acceptors (Lipinski definition) is 4. The molecule has 1 heterocycles. The molecule has 23 heavy (non-hydrogen) atoms. The first-order valence-electron chi connectivity index (χ1n) is 6.88. The Balaban J connectivity index is 2.02. The maximum atomic E-state index is 12.4. The molecule has 1 N–H and O–H groups in total. The number of nitrogens with one attached hydrogen (secondary N) is 1. The van der Waals surface area contributed by atoms with Crippen molar-refractivity contribution in [3.63, 3.8) is 0 Å². The van der Waals surface area contributed by atoms with Crippen LogP contribution < -0.4 is 4.72 Å². The number of fused-ring (bicyclic) bond motifs is 1. The van der Waals surface area contributed by atoms with E-state index in [4.69, 9.17) is 11.6 Å². The molecule has 0 atom stereocenters. The average molecular weight is 348 g/mol. The number of hydrogen-bond donors (Lipinski definition) is 1. The molecule has 7 heteroatoms. The molecule has 0 spiro atoms. The molecule has 0 saturated heterocycles. The highest BCUT2D eigenvalue weighted by molar-refractivity contribution is 7.92. The lowest BCUT2D eigenvalue weighted by atomic mass is 10.2. The smallest absolute Gasteiger partial charge is 0.261 e. The van der Waals surface area contributed by atoms with Gasteiger partial charge in [0.2, 0.25) is 0 Å². The lowest BCUT2D eigenvalue weighted by molar-refractivity contribution is 0.601. The van der Waals surface area contributed by atoms with Crippen molar-refractivity contribution >= 4 is 38.5 Å². The van der Waals surface area contributed by atoms with E-state index in [1.165, 1.54) is 12.1 Å². The van der Waals surface area contributed by atoms with Crippen LogP contribution in [-0.4, -0.2) is 18.4 Å². The second-order valence-electron chi connectivity index (χ2n) is 5.27. The highest BCUT2D eigenvalue weighted by atomic mass is 35.5. The molecule has 0 bridgehead atoms. The third-order valence-corrected chi connectivity index (χ3v) is 4.96. The molecule has 2 aromatic carbocycles. The molecule has 0 aliphatic heterocycles. The van der Waals surface area contributed by atoms with E-state index in [2.05, 4.69) is 14.7 Å². The van der Waals surface area contributed by atoms with Gasteiger partial charge in [-0.05, 0) is 43.7 Å². The van der Waals surface area contributed by atoms with Crippen molar-refractivity contribution in [1.82, 2.24) is 9.97 Å². The number of aryl methyl sites for hydroxylation is 2. The zero-order chi connectivity index (χ0) is 16.6. The van der Waals surface area contributed by atoms with Crippen molar-refractivity contribution < 1.29 is 8.42 Å². The minimum Gasteiger partial charge on any atom is -0.261 e. The standard InChI is InChI=1S/C16H14ClN3O2S/c1-10-3-6-12(7-4-10)23(21,22)20-16-15(17)18-14-9-11(2)5-8-13(14)19-16/h3-9H,1-2H3,(H,19,20). The SMILES string of the molecule is Cc1ccc(S(=O)(=O)Nc2nc3ccc(C)cc3nc2Cl)cc1. The van der Waals surface area contributed by atoms with E-state index in [0.29, 0.717) is 11.0 Å². The predicted octanol–water partition coefficient (Wildman–Crippen LogP) is 3.70. The van der Waals surface area contributed by atoms with Gasteiger partial charge in [-0.25, -0.2) is 18.4 Å². The van der Waals surface area contributed by atoms with Gasteiger partial charge >= 0.3 is 0 Å². The Morgan fingerprint density at radius 1 is 0.913 bits per heavy atom. The van der Waals surface area contributed by atoms with E-state index in [1.54, 1.807) is 18.2 Å². The summed E-state index contributed by atoms with van der Waals surface area (Å²) < 4.78 is 27.2. The Kier molecular flexibility index (Phi) is 3.95. The third kappa shape index (κ3) is 3.28. The van der Waals surface area contributed by atoms with Crippen LogP contribution in [0.1, 0.15) is 11.1 Å². The fourth-order valence-corrected chi connectivity index (χ4v) is 3.36. The van der Waals surface area contributed by atoms with Crippen LogP contribution in [0, 0.1) is 13.8 Å². The van der Waals surface area contributed by atoms with Gasteiger partial charge in [0.05, 0.1) is 15.9 Å². The Bertz CT molecular complexity index is 986. The van der Waals surface area contributed by atoms with Gasteiger partial charge in [-0.2, -0.15) is 0 Å². The van der Waals surface area contributed by atoms with Gasteiger partial charge in [-0.1, -0.05) is 35.4 Å². The molecule has 0 saturated carbocycles. The molecule has 3 rings (SSSR count). The second-order valence-corrected chi connectivity index (χ2v) is 7.31. The monoisotopic (exact) mass is 347 g/mol. The Labute approximate surface area is 139 Å². The van der Waals surface area contributed by atoms with Crippen molar-refractivity contribution in [2.24, 2.45) is 0 Å². The van der Waals surface area contributed by atoms with Gasteiger partial charge in [-0.15, -0.1) is 0 Å². The van der Waals surface area contributed by atoms with Gasteiger partial charge in [0.15, 0.2) is 11.0 Å². The molecule has 0 aliphatic rings. The van der Waals surface area contributed by atoms with Crippen LogP contribution in [0.2, 0.25) is 5.15 Å². The summed E-state index contributed by atoms with van der Waals surface area (Å²) in [5, 5.41) is 0.0128. The largest absolute Gasteiger partial charge is 0.263 e. The van der Waals surface area contributed by atoms with Crippen molar-refractivity contribution in [2.75, 3.05) is 4.72 Å². The molecule has 0 fully saturated rings. The number of rotatable bonds is 3. The fourth-order valence-electron chi connectivity index (χ4n) is 2.11. The van der Waals surface area contributed by atoms with E-state index in [1.807, 2.05) is 26.0 Å². The van der Waals surface area contributed by atoms with Gasteiger partial charge in [0.1, 0.15) is 0 Å². The van der Waals surface area contributed by atoms with Crippen LogP contribution in [0.3, 0.4) is 0 Å². The molecule has 1 aromatic heterocycles. The van der Waals surface area contributed by atoms with Crippen LogP contribution >= 0.6 is 11.6 Å². The van der Waals surface area contributed by atoms with Gasteiger partial charge < -0.3 is 0 Å². The van der Waals surface area contributed by atoms with E-state index >= 15 is 0 Å². The fraction of sp³-hybridized carbons (Fsp3) is 0.125. The molecule has 5 nitrogen and oxygen atoms in total. The Hall–Kier alpha value is -2.18. The molecule has 0 aliphatic carbocycles. The van der Waals surface area contributed by atoms with Gasteiger partial charge in [-0.3, -0.25) is 4.72 Å². The van der Waals surface area contributed by atoms with E-state index in [-0.39, 0.29) is 15.9 Å². The van der Waals surface area contributed by atoms with Crippen molar-refractivity contribution in [3.05, 3.63) is 58.7 Å². The number of nitrogens with zero attached hydrogens (tertiary/aromatic N) is 2. The first-order valence-corrected chi connectivity index (χ1v) is 8.75. The summed E-state index contributed by atoms with van der Waals surface area (Å²) in [5.41, 5.74) is 3.19. The number of aromatic nitrogens is 2. The maximum Gasteiger partial charge on any atom is 0.263 e. The first kappa shape index (κ1) is 15.7. The summed E-state index contributed by atoms with van der Waals surface area (Å²) in [6.07, 6.45) is 0. The van der Waals surface area contributed by atoms with E-state index < -0.39 is 10.0 Å². The van der Waals surface area contributed by atoms with Crippen LogP contribution in [0.25, 0.3) is 11.0 Å². The molecule has 0 unspecified atom stereocenters. The quantitative estimate of drug-likeness (QED) is 0.784. The van der Waals surface area contributed by atoms with E-state index in [9.17, 15) is 8.42 Å². The van der Waals surface area contributed by atoms with Gasteiger partial charge in [0, 0.05) is 0 Å². The highest BCUT2D eigenvalue weighted by Crippen LogP contribution is 2.24. The molecule has 3 aromatic rings. The second kappa shape index (κ2) is 5.79. The van der Waals surface area contributed by atoms with Crippen LogP contribution in [-0.2, 0) is 10.0 Å². The summed E-state index contributed by atoms with van der Waals surface area (Å²) in [5.74, 6) is 0.0172. The number of benzene rings is 2. The van der Waals surface area contributed by atoms with Crippen molar-refractivity contribution in [1.29, 1.82) is 0 Å². The molecule has 118 valence electrons.